The van der Waals surface area contributed by atoms with Crippen LogP contribution in [-0.2, 0) is 9.84 Å². The minimum Gasteiger partial charge on any atom is -0.401 e. The summed E-state index contributed by atoms with van der Waals surface area (Å²) in [5, 5.41) is 9.64. The van der Waals surface area contributed by atoms with Gasteiger partial charge >= 0.3 is 6.16 Å². The molecule has 0 bridgehead atoms. The fraction of sp³-hybridized carbons (Fsp3) is 0.500. The van der Waals surface area contributed by atoms with Crippen molar-refractivity contribution in [3.63, 3.8) is 0 Å². The highest BCUT2D eigenvalue weighted by Gasteiger charge is 1.93. The fourth-order valence-corrected chi connectivity index (χ4v) is 0.232. The van der Waals surface area contributed by atoms with E-state index in [1.807, 2.05) is 6.92 Å². The van der Waals surface area contributed by atoms with Gasteiger partial charge in [0.25, 0.3) is 0 Å². The van der Waals surface area contributed by atoms with E-state index in [4.69, 9.17) is 0 Å². The van der Waals surface area contributed by atoms with E-state index in [1.54, 1.807) is 6.92 Å². The van der Waals surface area contributed by atoms with Gasteiger partial charge in [0.15, 0.2) is 0 Å². The molecule has 51 valence electrons. The van der Waals surface area contributed by atoms with E-state index in [0.717, 1.165) is 12.0 Å². The molecule has 0 aliphatic carbocycles. The molecule has 3 nitrogen and oxygen atoms in total. The van der Waals surface area contributed by atoms with Gasteiger partial charge in [-0.05, 0) is 18.9 Å². The number of carbonyl (C=O) groups is 1. The van der Waals surface area contributed by atoms with Gasteiger partial charge < -0.3 is 4.74 Å². The zero-order chi connectivity index (χ0) is 7.28. The van der Waals surface area contributed by atoms with E-state index in [0.29, 0.717) is 0 Å². The minimum absolute atomic E-state index is 0.785. The van der Waals surface area contributed by atoms with Crippen LogP contribution in [0.4, 0.5) is 4.79 Å². The number of hydrogen-bond acceptors (Lipinski definition) is 2. The highest BCUT2D eigenvalue weighted by atomic mass is 16.7. The van der Waals surface area contributed by atoms with Crippen LogP contribution in [0.2, 0.25) is 0 Å². The summed E-state index contributed by atoms with van der Waals surface area (Å²) in [6.45, 7) is 3.69. The Hall–Kier alpha value is -0.990. The smallest absolute Gasteiger partial charge is 0.401 e. The molecule has 0 unspecified atom stereocenters. The Labute approximate surface area is 53.9 Å². The Bertz CT molecular complexity index is 126. The second-order valence-corrected chi connectivity index (χ2v) is 1.69. The summed E-state index contributed by atoms with van der Waals surface area (Å²) in [6, 6.07) is 0. The molecule has 0 atom stereocenters. The third-order valence-corrected chi connectivity index (χ3v) is 0.914. The molecule has 0 aliphatic heterocycles. The van der Waals surface area contributed by atoms with E-state index in [-0.39, 0.29) is 0 Å². The lowest BCUT2D eigenvalue weighted by molar-refractivity contribution is 0.100. The van der Waals surface area contributed by atoms with Crippen LogP contribution >= 0.6 is 0 Å². The Morgan fingerprint density at radius 2 is 2.22 bits per heavy atom. The fourth-order valence-electron chi connectivity index (χ4n) is 0.232. The molecule has 0 rings (SSSR count). The van der Waals surface area contributed by atoms with Crippen LogP contribution in [0, 0.1) is 0 Å². The second kappa shape index (κ2) is 3.95. The third-order valence-electron chi connectivity index (χ3n) is 0.914. The first kappa shape index (κ1) is 8.01. The van der Waals surface area contributed by atoms with Crippen LogP contribution in [0.15, 0.2) is 11.8 Å². The van der Waals surface area contributed by atoms with Gasteiger partial charge in [-0.1, -0.05) is 6.92 Å². The van der Waals surface area contributed by atoms with Crippen LogP contribution in [0.25, 0.3) is 0 Å². The molecule has 0 fully saturated rings. The van der Waals surface area contributed by atoms with Gasteiger partial charge in [0.05, 0.1) is 6.26 Å². The van der Waals surface area contributed by atoms with Crippen molar-refractivity contribution < 1.29 is 14.6 Å². The first-order chi connectivity index (χ1) is 4.16. The molecule has 0 aromatic heterocycles. The van der Waals surface area contributed by atoms with Crippen LogP contribution in [0.5, 0.6) is 0 Å². The predicted molar refractivity (Wildman–Crippen MR) is 31.2 cm³/mol. The molecule has 0 saturated carbocycles. The zero-order valence-corrected chi connectivity index (χ0v) is 5.51. The Morgan fingerprint density at radius 1 is 1.67 bits per heavy atom. The average Bonchev–Trinajstić information content (AvgIpc) is 1.83. The minimum atomic E-state index is -1.51. The molecule has 3 heteroatoms. The molecule has 0 saturated heterocycles. The summed E-state index contributed by atoms with van der Waals surface area (Å²) < 4.78 is 4.04. The Balaban J connectivity index is 3.56. The van der Waals surface area contributed by atoms with Gasteiger partial charge in [-0.3, -0.25) is 0 Å². The summed E-state index contributed by atoms with van der Waals surface area (Å²) in [5.74, 6) is 0. The first-order valence-corrected chi connectivity index (χ1v) is 2.70. The SMILES string of the molecule is CCC(C)=COC([O])=O. The van der Waals surface area contributed by atoms with Gasteiger partial charge in [0, 0.05) is 0 Å². The molecule has 0 aromatic rings. The van der Waals surface area contributed by atoms with Gasteiger partial charge in [0.2, 0.25) is 0 Å². The van der Waals surface area contributed by atoms with E-state index < -0.39 is 6.16 Å². The summed E-state index contributed by atoms with van der Waals surface area (Å²) >= 11 is 0. The summed E-state index contributed by atoms with van der Waals surface area (Å²) in [6.07, 6.45) is 0.450. The zero-order valence-electron chi connectivity index (χ0n) is 5.51. The van der Waals surface area contributed by atoms with Gasteiger partial charge in [-0.25, -0.2) is 0 Å². The van der Waals surface area contributed by atoms with Crippen molar-refractivity contribution in [2.24, 2.45) is 0 Å². The van der Waals surface area contributed by atoms with Crippen LogP contribution in [0.3, 0.4) is 0 Å². The maximum Gasteiger partial charge on any atom is 0.555 e. The van der Waals surface area contributed by atoms with E-state index in [1.165, 1.54) is 6.26 Å². The summed E-state index contributed by atoms with van der Waals surface area (Å²) in [4.78, 5) is 9.64. The molecular weight excluding hydrogens is 120 g/mol. The number of rotatable bonds is 2. The van der Waals surface area contributed by atoms with E-state index in [2.05, 4.69) is 4.74 Å². The Morgan fingerprint density at radius 3 is 2.56 bits per heavy atom. The van der Waals surface area contributed by atoms with E-state index >= 15 is 0 Å². The van der Waals surface area contributed by atoms with Crippen molar-refractivity contribution >= 4 is 6.16 Å². The molecule has 1 radical (unpaired) electrons. The molecular formula is C6H9O3. The second-order valence-electron chi connectivity index (χ2n) is 1.69. The number of hydrogen-bond donors (Lipinski definition) is 0. The number of allylic oxidation sites excluding steroid dienone is 1. The quantitative estimate of drug-likeness (QED) is 0.422. The topological polar surface area (TPSA) is 46.2 Å². The van der Waals surface area contributed by atoms with Crippen LogP contribution in [-0.4, -0.2) is 6.16 Å². The third kappa shape index (κ3) is 4.87. The average molecular weight is 129 g/mol. The Kier molecular flexibility index (Phi) is 3.51. The van der Waals surface area contributed by atoms with Crippen molar-refractivity contribution in [1.29, 1.82) is 0 Å². The van der Waals surface area contributed by atoms with Crippen LogP contribution in [0.1, 0.15) is 20.3 Å². The standard InChI is InChI=1S/C6H9O3/c1-3-5(2)4-9-6(7)8/h4H,3H2,1-2H3. The monoisotopic (exact) mass is 129 g/mol. The maximum atomic E-state index is 9.64. The number of ether oxygens (including phenoxy) is 1. The molecule has 0 aromatic carbocycles. The maximum absolute atomic E-state index is 9.64. The highest BCUT2D eigenvalue weighted by Crippen LogP contribution is 1.97. The van der Waals surface area contributed by atoms with Crippen molar-refractivity contribution in [3.05, 3.63) is 11.8 Å². The van der Waals surface area contributed by atoms with E-state index in [9.17, 15) is 9.90 Å². The largest absolute Gasteiger partial charge is 0.555 e. The van der Waals surface area contributed by atoms with Crippen molar-refractivity contribution in [3.8, 4) is 0 Å². The molecule has 0 N–H and O–H groups in total. The van der Waals surface area contributed by atoms with Gasteiger partial charge in [0.1, 0.15) is 0 Å². The lowest BCUT2D eigenvalue weighted by Crippen LogP contribution is -1.90. The normalized spacial score (nSPS) is 11.1. The number of carbonyl (C=O) groups excluding carboxylic acids is 1. The summed E-state index contributed by atoms with van der Waals surface area (Å²) in [7, 11) is 0. The summed E-state index contributed by atoms with van der Waals surface area (Å²) in [5.41, 5.74) is 0.874. The molecule has 0 amide bonds. The molecule has 9 heavy (non-hydrogen) atoms. The first-order valence-electron chi connectivity index (χ1n) is 2.70. The lowest BCUT2D eigenvalue weighted by atomic mass is 10.3. The molecule has 0 heterocycles. The van der Waals surface area contributed by atoms with Gasteiger partial charge in [-0.2, -0.15) is 9.90 Å². The lowest BCUT2D eigenvalue weighted by Gasteiger charge is -1.91. The van der Waals surface area contributed by atoms with Gasteiger partial charge in [-0.15, -0.1) is 0 Å². The van der Waals surface area contributed by atoms with Crippen molar-refractivity contribution in [1.82, 2.24) is 0 Å². The predicted octanol–water partition coefficient (Wildman–Crippen LogP) is 1.87. The highest BCUT2D eigenvalue weighted by molar-refractivity contribution is 5.57. The van der Waals surface area contributed by atoms with Crippen LogP contribution < -0.4 is 0 Å². The van der Waals surface area contributed by atoms with Crippen molar-refractivity contribution in [2.75, 3.05) is 0 Å². The molecule has 0 aliphatic rings. The van der Waals surface area contributed by atoms with Crippen molar-refractivity contribution in [2.45, 2.75) is 20.3 Å². The molecule has 0 spiro atoms.